The number of para-hydroxylation sites is 1. The molecule has 0 unspecified atom stereocenters. The first-order chi connectivity index (χ1) is 28.7. The first kappa shape index (κ1) is 33.5. The van der Waals surface area contributed by atoms with E-state index in [0.29, 0.717) is 17.5 Å². The molecule has 2 heterocycles. The Kier molecular flexibility index (Phi) is 8.11. The molecule has 270 valence electrons. The third-order valence-electron chi connectivity index (χ3n) is 11.1. The van der Waals surface area contributed by atoms with Crippen LogP contribution in [0.1, 0.15) is 0 Å². The molecule has 0 amide bonds. The van der Waals surface area contributed by atoms with Crippen LogP contribution in [-0.4, -0.2) is 19.9 Å². The zero-order valence-electron chi connectivity index (χ0n) is 31.4. The normalized spacial score (nSPS) is 11.4. The van der Waals surface area contributed by atoms with E-state index in [9.17, 15) is 0 Å². The summed E-state index contributed by atoms with van der Waals surface area (Å²) in [5.74, 6) is 1.86. The van der Waals surface area contributed by atoms with E-state index in [2.05, 4.69) is 169 Å². The maximum absolute atomic E-state index is 5.17. The van der Waals surface area contributed by atoms with E-state index in [4.69, 9.17) is 15.0 Å². The second-order valence-electron chi connectivity index (χ2n) is 14.6. The van der Waals surface area contributed by atoms with Crippen LogP contribution in [0.2, 0.25) is 0 Å². The van der Waals surface area contributed by atoms with E-state index in [1.54, 1.807) is 0 Å². The Morgan fingerprint density at radius 1 is 0.276 bits per heavy atom. The average molecular weight is 739 g/mol. The number of aromatic nitrogens is 4. The SMILES string of the molecule is c1ccc(-c2cc(-c3cccc(-c4nc(-c5ccccc5)nc(-c5ccc(-c6cccc7cccnc67)cc5)n4)c3)c3c4ccccc4c4ccccc4c3c2)cc1. The zero-order valence-corrected chi connectivity index (χ0v) is 31.4. The molecule has 4 nitrogen and oxygen atoms in total. The fourth-order valence-electron chi connectivity index (χ4n) is 8.37. The van der Waals surface area contributed by atoms with Crippen molar-refractivity contribution in [3.05, 3.63) is 206 Å². The van der Waals surface area contributed by atoms with Crippen molar-refractivity contribution in [1.82, 2.24) is 19.9 Å². The summed E-state index contributed by atoms with van der Waals surface area (Å²) in [6.07, 6.45) is 1.85. The van der Waals surface area contributed by atoms with Gasteiger partial charge in [0.2, 0.25) is 0 Å². The van der Waals surface area contributed by atoms with Crippen molar-refractivity contribution >= 4 is 43.2 Å². The van der Waals surface area contributed by atoms with Crippen LogP contribution in [0.25, 0.3) is 111 Å². The van der Waals surface area contributed by atoms with Gasteiger partial charge in [0.25, 0.3) is 0 Å². The van der Waals surface area contributed by atoms with Gasteiger partial charge in [-0.15, -0.1) is 0 Å². The van der Waals surface area contributed by atoms with Gasteiger partial charge < -0.3 is 0 Å². The van der Waals surface area contributed by atoms with Gasteiger partial charge in [-0.05, 0) is 84.4 Å². The third kappa shape index (κ3) is 5.87. The maximum atomic E-state index is 5.17. The Morgan fingerprint density at radius 3 is 1.52 bits per heavy atom. The summed E-state index contributed by atoms with van der Waals surface area (Å²) in [4.78, 5) is 20.0. The molecule has 11 aromatic rings. The van der Waals surface area contributed by atoms with Crippen molar-refractivity contribution in [2.24, 2.45) is 0 Å². The quantitative estimate of drug-likeness (QED) is 0.159. The van der Waals surface area contributed by atoms with Crippen molar-refractivity contribution in [3.8, 4) is 67.5 Å². The Balaban J connectivity index is 1.09. The van der Waals surface area contributed by atoms with Crippen molar-refractivity contribution in [3.63, 3.8) is 0 Å². The lowest BCUT2D eigenvalue weighted by Gasteiger charge is -2.17. The first-order valence-electron chi connectivity index (χ1n) is 19.5. The number of benzene rings is 9. The number of hydrogen-bond acceptors (Lipinski definition) is 4. The van der Waals surface area contributed by atoms with E-state index >= 15 is 0 Å². The Labute approximate surface area is 335 Å². The number of nitrogens with zero attached hydrogens (tertiary/aromatic N) is 4. The number of pyridine rings is 1. The average Bonchev–Trinajstić information content (AvgIpc) is 3.31. The summed E-state index contributed by atoms with van der Waals surface area (Å²) in [5, 5.41) is 8.54. The van der Waals surface area contributed by atoms with Crippen molar-refractivity contribution in [2.45, 2.75) is 0 Å². The van der Waals surface area contributed by atoms with E-state index in [0.717, 1.165) is 49.8 Å². The molecule has 0 spiro atoms. The number of hydrogen-bond donors (Lipinski definition) is 0. The van der Waals surface area contributed by atoms with Gasteiger partial charge in [0, 0.05) is 33.8 Å². The van der Waals surface area contributed by atoms with Crippen molar-refractivity contribution in [1.29, 1.82) is 0 Å². The van der Waals surface area contributed by atoms with Gasteiger partial charge in [0.05, 0.1) is 5.52 Å². The highest BCUT2D eigenvalue weighted by Crippen LogP contribution is 2.43. The highest BCUT2D eigenvalue weighted by molar-refractivity contribution is 6.29. The Bertz CT molecular complexity index is 3320. The number of rotatable bonds is 6. The van der Waals surface area contributed by atoms with Crippen LogP contribution in [-0.2, 0) is 0 Å². The molecule has 0 N–H and O–H groups in total. The largest absolute Gasteiger partial charge is 0.256 e. The molecule has 0 aliphatic carbocycles. The summed E-state index contributed by atoms with van der Waals surface area (Å²) < 4.78 is 0. The molecule has 58 heavy (non-hydrogen) atoms. The lowest BCUT2D eigenvalue weighted by atomic mass is 9.86. The van der Waals surface area contributed by atoms with E-state index in [-0.39, 0.29) is 0 Å². The molecular formula is C54H34N4. The minimum Gasteiger partial charge on any atom is -0.256 e. The summed E-state index contributed by atoms with van der Waals surface area (Å²) >= 11 is 0. The van der Waals surface area contributed by atoms with Gasteiger partial charge >= 0.3 is 0 Å². The lowest BCUT2D eigenvalue weighted by Crippen LogP contribution is -2.00. The third-order valence-corrected chi connectivity index (χ3v) is 11.1. The van der Waals surface area contributed by atoms with Gasteiger partial charge in [0.1, 0.15) is 0 Å². The summed E-state index contributed by atoms with van der Waals surface area (Å²) in [7, 11) is 0. The predicted molar refractivity (Wildman–Crippen MR) is 240 cm³/mol. The summed E-state index contributed by atoms with van der Waals surface area (Å²) in [6.45, 7) is 0. The molecule has 0 aliphatic heterocycles. The van der Waals surface area contributed by atoms with Crippen LogP contribution >= 0.6 is 0 Å². The fraction of sp³-hybridized carbons (Fsp3) is 0. The highest BCUT2D eigenvalue weighted by atomic mass is 15.0. The van der Waals surface area contributed by atoms with Gasteiger partial charge in [-0.2, -0.15) is 0 Å². The smallest absolute Gasteiger partial charge is 0.164 e. The fourth-order valence-corrected chi connectivity index (χ4v) is 8.37. The van der Waals surface area contributed by atoms with Gasteiger partial charge in [0.15, 0.2) is 17.5 Å². The first-order valence-corrected chi connectivity index (χ1v) is 19.5. The van der Waals surface area contributed by atoms with E-state index < -0.39 is 0 Å². The van der Waals surface area contributed by atoms with Crippen LogP contribution in [0.5, 0.6) is 0 Å². The predicted octanol–water partition coefficient (Wildman–Crippen LogP) is 13.9. The second-order valence-corrected chi connectivity index (χ2v) is 14.6. The summed E-state index contributed by atoms with van der Waals surface area (Å²) in [5.41, 5.74) is 10.5. The van der Waals surface area contributed by atoms with E-state index in [1.165, 1.54) is 43.4 Å². The Morgan fingerprint density at radius 2 is 0.793 bits per heavy atom. The molecule has 0 saturated heterocycles. The molecule has 9 aromatic carbocycles. The van der Waals surface area contributed by atoms with Gasteiger partial charge in [-0.1, -0.05) is 176 Å². The molecule has 0 aliphatic rings. The molecule has 0 bridgehead atoms. The molecule has 0 saturated carbocycles. The van der Waals surface area contributed by atoms with Crippen LogP contribution in [0.3, 0.4) is 0 Å². The maximum Gasteiger partial charge on any atom is 0.164 e. The number of fused-ring (bicyclic) bond motifs is 7. The molecule has 11 rings (SSSR count). The van der Waals surface area contributed by atoms with Crippen molar-refractivity contribution < 1.29 is 0 Å². The van der Waals surface area contributed by atoms with Crippen molar-refractivity contribution in [2.75, 3.05) is 0 Å². The molecule has 2 aromatic heterocycles. The summed E-state index contributed by atoms with van der Waals surface area (Å²) in [6, 6.07) is 70.5. The van der Waals surface area contributed by atoms with Crippen LogP contribution in [0.15, 0.2) is 206 Å². The van der Waals surface area contributed by atoms with Gasteiger partial charge in [-0.25, -0.2) is 15.0 Å². The van der Waals surface area contributed by atoms with Crippen LogP contribution < -0.4 is 0 Å². The Hall–Kier alpha value is -7.82. The molecule has 0 fully saturated rings. The lowest BCUT2D eigenvalue weighted by molar-refractivity contribution is 1.07. The zero-order chi connectivity index (χ0) is 38.4. The molecule has 0 radical (unpaired) electrons. The topological polar surface area (TPSA) is 51.6 Å². The minimum atomic E-state index is 0.617. The highest BCUT2D eigenvalue weighted by Gasteiger charge is 2.18. The van der Waals surface area contributed by atoms with Gasteiger partial charge in [-0.3, -0.25) is 4.98 Å². The van der Waals surface area contributed by atoms with Crippen LogP contribution in [0, 0.1) is 0 Å². The van der Waals surface area contributed by atoms with Crippen LogP contribution in [0.4, 0.5) is 0 Å². The second kappa shape index (κ2) is 14.0. The standard InChI is InChI=1S/C54H34N4/c1-3-14-35(15-4-1)42-33-48(50-47-25-10-9-23-45(47)44-22-7-8-24-46(44)49(50)34-42)40-19-11-20-41(32-40)54-57-52(38-16-5-2-6-17-38)56-53(58-54)39-29-27-36(28-30-39)43-26-12-18-37-21-13-31-55-51(37)43/h1-34H. The molecular weight excluding hydrogens is 705 g/mol. The van der Waals surface area contributed by atoms with E-state index in [1.807, 2.05) is 42.6 Å². The minimum absolute atomic E-state index is 0.617. The molecule has 0 atom stereocenters. The molecule has 4 heteroatoms. The monoisotopic (exact) mass is 738 g/mol.